The quantitative estimate of drug-likeness (QED) is 0.626. The minimum absolute atomic E-state index is 0.0137. The lowest BCUT2D eigenvalue weighted by Crippen LogP contribution is -2.57. The maximum absolute atomic E-state index is 13.1. The van der Waals surface area contributed by atoms with Gasteiger partial charge in [0.15, 0.2) is 0 Å². The normalized spacial score (nSPS) is 23.0. The third-order valence-corrected chi connectivity index (χ3v) is 7.38. The summed E-state index contributed by atoms with van der Waals surface area (Å²) in [6, 6.07) is 13.6. The number of sulfonamides is 1. The summed E-state index contributed by atoms with van der Waals surface area (Å²) in [4.78, 5) is 12.8. The van der Waals surface area contributed by atoms with Crippen LogP contribution in [0.1, 0.15) is 55.1 Å². The maximum atomic E-state index is 13.1. The van der Waals surface area contributed by atoms with Gasteiger partial charge in [-0.3, -0.25) is 4.79 Å². The van der Waals surface area contributed by atoms with Crippen molar-refractivity contribution in [3.8, 4) is 0 Å². The Kier molecular flexibility index (Phi) is 6.87. The van der Waals surface area contributed by atoms with Gasteiger partial charge in [0.05, 0.1) is 11.1 Å². The number of carbonyl (C=O) groups excluding carboxylic acids is 1. The largest absolute Gasteiger partial charge is 0.343 e. The molecule has 4 N–H and O–H groups in total. The van der Waals surface area contributed by atoms with E-state index in [4.69, 9.17) is 16.7 Å². The van der Waals surface area contributed by atoms with Gasteiger partial charge in [-0.25, -0.2) is 13.6 Å². The van der Waals surface area contributed by atoms with Crippen LogP contribution in [0.5, 0.6) is 0 Å². The zero-order chi connectivity index (χ0) is 21.9. The Morgan fingerprint density at radius 1 is 1.30 bits per heavy atom. The van der Waals surface area contributed by atoms with Gasteiger partial charge in [-0.2, -0.15) is 0 Å². The predicted octanol–water partition coefficient (Wildman–Crippen LogP) is 3.63. The molecule has 0 aliphatic carbocycles. The lowest BCUT2D eigenvalue weighted by molar-refractivity contribution is 0.0878. The van der Waals surface area contributed by atoms with Crippen LogP contribution in [0.4, 0.5) is 0 Å². The second kappa shape index (κ2) is 9.06. The van der Waals surface area contributed by atoms with Crippen molar-refractivity contribution < 1.29 is 13.2 Å². The van der Waals surface area contributed by atoms with Crippen LogP contribution in [0.3, 0.4) is 0 Å². The molecule has 2 aromatic carbocycles. The average Bonchev–Trinajstić information content (AvgIpc) is 2.72. The summed E-state index contributed by atoms with van der Waals surface area (Å²) in [5, 5.41) is 12.0. The standard InChI is InChI=1S/C22H28ClN3O3S/c1-3-15-11-12-22(2,25-14-15)20(16-7-5-4-6-8-16)26-21(27)17-9-10-18(23)19(13-17)30(24,28)29/h4-10,13,15,20,25H,3,11-12,14H2,1-2H3,(H,26,27)(H2,24,28,29). The minimum atomic E-state index is -4.04. The van der Waals surface area contributed by atoms with E-state index in [-0.39, 0.29) is 33.0 Å². The van der Waals surface area contributed by atoms with Gasteiger partial charge in [-0.1, -0.05) is 55.3 Å². The maximum Gasteiger partial charge on any atom is 0.251 e. The second-order valence-electron chi connectivity index (χ2n) is 8.12. The minimum Gasteiger partial charge on any atom is -0.343 e. The SMILES string of the molecule is CCC1CCC(C)(C(NC(=O)c2ccc(Cl)c(S(N)(=O)=O)c2)c2ccccc2)NC1. The fraction of sp³-hybridized carbons (Fsp3) is 0.409. The summed E-state index contributed by atoms with van der Waals surface area (Å²) in [5.41, 5.74) is 0.837. The predicted molar refractivity (Wildman–Crippen MR) is 119 cm³/mol. The first-order chi connectivity index (χ1) is 14.1. The van der Waals surface area contributed by atoms with E-state index >= 15 is 0 Å². The number of halogens is 1. The molecule has 1 fully saturated rings. The first kappa shape index (κ1) is 22.7. The Balaban J connectivity index is 1.92. The molecule has 6 nitrogen and oxygen atoms in total. The third-order valence-electron chi connectivity index (χ3n) is 5.99. The number of primary sulfonamides is 1. The fourth-order valence-electron chi connectivity index (χ4n) is 4.00. The molecule has 0 saturated carbocycles. The molecule has 30 heavy (non-hydrogen) atoms. The molecule has 3 rings (SSSR count). The number of benzene rings is 2. The highest BCUT2D eigenvalue weighted by Gasteiger charge is 2.39. The summed E-state index contributed by atoms with van der Waals surface area (Å²) in [6.45, 7) is 5.20. The monoisotopic (exact) mass is 449 g/mol. The number of hydrogen-bond donors (Lipinski definition) is 3. The van der Waals surface area contributed by atoms with Crippen molar-refractivity contribution in [3.63, 3.8) is 0 Å². The van der Waals surface area contributed by atoms with E-state index in [1.165, 1.54) is 18.2 Å². The first-order valence-electron chi connectivity index (χ1n) is 10.1. The number of piperidine rings is 1. The Bertz CT molecular complexity index is 1000. The summed E-state index contributed by atoms with van der Waals surface area (Å²) in [7, 11) is -4.04. The number of rotatable bonds is 6. The van der Waals surface area contributed by atoms with Gasteiger partial charge in [-0.15, -0.1) is 0 Å². The highest BCUT2D eigenvalue weighted by Crippen LogP contribution is 2.35. The molecule has 8 heteroatoms. The highest BCUT2D eigenvalue weighted by molar-refractivity contribution is 7.89. The van der Waals surface area contributed by atoms with E-state index in [0.29, 0.717) is 5.92 Å². The van der Waals surface area contributed by atoms with E-state index in [2.05, 4.69) is 24.5 Å². The van der Waals surface area contributed by atoms with Gasteiger partial charge in [0.1, 0.15) is 4.90 Å². The van der Waals surface area contributed by atoms with Crippen molar-refractivity contribution >= 4 is 27.5 Å². The van der Waals surface area contributed by atoms with Crippen molar-refractivity contribution in [2.75, 3.05) is 6.54 Å². The van der Waals surface area contributed by atoms with Crippen molar-refractivity contribution in [2.24, 2.45) is 11.1 Å². The molecule has 0 radical (unpaired) electrons. The van der Waals surface area contributed by atoms with E-state index < -0.39 is 10.0 Å². The average molecular weight is 450 g/mol. The van der Waals surface area contributed by atoms with Gasteiger partial charge in [0, 0.05) is 11.1 Å². The molecule has 1 amide bonds. The molecule has 162 valence electrons. The van der Waals surface area contributed by atoms with Crippen molar-refractivity contribution in [2.45, 2.75) is 49.6 Å². The van der Waals surface area contributed by atoms with Crippen LogP contribution in [0.15, 0.2) is 53.4 Å². The summed E-state index contributed by atoms with van der Waals surface area (Å²) in [6.07, 6.45) is 3.11. The molecule has 0 spiro atoms. The van der Waals surface area contributed by atoms with Crippen LogP contribution in [-0.2, 0) is 10.0 Å². The number of carbonyl (C=O) groups is 1. The molecule has 0 bridgehead atoms. The molecule has 1 heterocycles. The van der Waals surface area contributed by atoms with Crippen molar-refractivity contribution in [1.29, 1.82) is 0 Å². The van der Waals surface area contributed by atoms with E-state index in [0.717, 1.165) is 31.4 Å². The number of amides is 1. The van der Waals surface area contributed by atoms with E-state index in [1.54, 1.807) is 0 Å². The smallest absolute Gasteiger partial charge is 0.251 e. The molecule has 1 saturated heterocycles. The zero-order valence-corrected chi connectivity index (χ0v) is 18.8. The molecular weight excluding hydrogens is 422 g/mol. The summed E-state index contributed by atoms with van der Waals surface area (Å²) < 4.78 is 23.6. The summed E-state index contributed by atoms with van der Waals surface area (Å²) in [5.74, 6) is 0.241. The Morgan fingerprint density at radius 2 is 2.00 bits per heavy atom. The third kappa shape index (κ3) is 5.03. The lowest BCUT2D eigenvalue weighted by atomic mass is 9.77. The Hall–Kier alpha value is -1.93. The lowest BCUT2D eigenvalue weighted by Gasteiger charge is -2.44. The van der Waals surface area contributed by atoms with Crippen molar-refractivity contribution in [3.05, 3.63) is 64.7 Å². The zero-order valence-electron chi connectivity index (χ0n) is 17.2. The van der Waals surface area contributed by atoms with Crippen LogP contribution in [0.2, 0.25) is 5.02 Å². The number of nitrogens with one attached hydrogen (secondary N) is 2. The Morgan fingerprint density at radius 3 is 2.57 bits per heavy atom. The van der Waals surface area contributed by atoms with Crippen LogP contribution < -0.4 is 15.8 Å². The number of nitrogens with two attached hydrogens (primary N) is 1. The van der Waals surface area contributed by atoms with Crippen LogP contribution in [0, 0.1) is 5.92 Å². The van der Waals surface area contributed by atoms with Gasteiger partial charge in [0.2, 0.25) is 10.0 Å². The molecule has 3 unspecified atom stereocenters. The molecule has 1 aliphatic heterocycles. The van der Waals surface area contributed by atoms with E-state index in [1.807, 2.05) is 30.3 Å². The van der Waals surface area contributed by atoms with Gasteiger partial charge < -0.3 is 10.6 Å². The summed E-state index contributed by atoms with van der Waals surface area (Å²) >= 11 is 5.96. The topological polar surface area (TPSA) is 101 Å². The number of hydrogen-bond acceptors (Lipinski definition) is 4. The second-order valence-corrected chi connectivity index (χ2v) is 10.1. The highest BCUT2D eigenvalue weighted by atomic mass is 35.5. The molecule has 2 aromatic rings. The molecule has 1 aliphatic rings. The van der Waals surface area contributed by atoms with Crippen LogP contribution >= 0.6 is 11.6 Å². The van der Waals surface area contributed by atoms with E-state index in [9.17, 15) is 13.2 Å². The Labute approximate surface area is 183 Å². The van der Waals surface area contributed by atoms with Crippen molar-refractivity contribution in [1.82, 2.24) is 10.6 Å². The molecule has 0 aromatic heterocycles. The fourth-order valence-corrected chi connectivity index (χ4v) is 5.07. The first-order valence-corrected chi connectivity index (χ1v) is 12.0. The molecular formula is C22H28ClN3O3S. The van der Waals surface area contributed by atoms with Crippen LogP contribution in [-0.4, -0.2) is 26.4 Å². The van der Waals surface area contributed by atoms with Gasteiger partial charge in [-0.05, 0) is 56.0 Å². The molecule has 3 atom stereocenters. The van der Waals surface area contributed by atoms with Crippen LogP contribution in [0.25, 0.3) is 0 Å². The van der Waals surface area contributed by atoms with Gasteiger partial charge >= 0.3 is 0 Å². The van der Waals surface area contributed by atoms with Gasteiger partial charge in [0.25, 0.3) is 5.91 Å².